The van der Waals surface area contributed by atoms with Crippen LogP contribution in [-0.2, 0) is 0 Å². The topological polar surface area (TPSA) is 468 Å². The predicted molar refractivity (Wildman–Crippen MR) is 371 cm³/mol. The summed E-state index contributed by atoms with van der Waals surface area (Å²) in [5.41, 5.74) is 55.9. The fraction of sp³-hybridized carbons (Fsp3) is 0. The van der Waals surface area contributed by atoms with Crippen LogP contribution in [0.1, 0.15) is 22.3 Å². The third kappa shape index (κ3) is 11.7. The highest BCUT2D eigenvalue weighted by molar-refractivity contribution is 6.07. The second-order valence-corrected chi connectivity index (χ2v) is 21.5. The summed E-state index contributed by atoms with van der Waals surface area (Å²) in [4.78, 5) is 25.5. The first-order valence-electron chi connectivity index (χ1n) is 29.0. The van der Waals surface area contributed by atoms with E-state index >= 15 is 0 Å². The largest absolute Gasteiger partial charge is 0.456 e. The van der Waals surface area contributed by atoms with Crippen molar-refractivity contribution in [3.05, 3.63) is 229 Å². The maximum Gasteiger partial charge on any atom is 0.170 e. The number of furan rings is 4. The first kappa shape index (κ1) is 60.6. The first-order valence-corrected chi connectivity index (χ1v) is 29.0. The Morgan fingerprint density at radius 2 is 0.594 bits per heavy atom. The van der Waals surface area contributed by atoms with Crippen LogP contribution in [0.2, 0.25) is 0 Å². The number of fused-ring (bicyclic) bond motifs is 8. The van der Waals surface area contributed by atoms with Gasteiger partial charge in [0.15, 0.2) is 23.3 Å². The zero-order valence-corrected chi connectivity index (χ0v) is 50.1. The van der Waals surface area contributed by atoms with E-state index in [1.165, 1.54) is 0 Å². The van der Waals surface area contributed by atoms with E-state index in [-0.39, 0.29) is 23.3 Å². The maximum absolute atomic E-state index is 8.81. The van der Waals surface area contributed by atoms with Crippen LogP contribution in [0.5, 0.6) is 0 Å². The van der Waals surface area contributed by atoms with Crippen LogP contribution in [0.4, 0.5) is 23.3 Å². The fourth-order valence-corrected chi connectivity index (χ4v) is 10.9. The molecule has 6 aromatic carbocycles. The molecule has 10 aromatic heterocycles. The van der Waals surface area contributed by atoms with Crippen LogP contribution >= 0.6 is 0 Å². The average Bonchev–Trinajstić information content (AvgIpc) is 1.60. The highest BCUT2D eigenvalue weighted by atomic mass is 16.4. The summed E-state index contributed by atoms with van der Waals surface area (Å²) >= 11 is 0. The molecule has 0 fully saturated rings. The Labute approximate surface area is 541 Å². The van der Waals surface area contributed by atoms with Crippen LogP contribution < -0.4 is 45.9 Å². The molecule has 472 valence electrons. The highest BCUT2D eigenvalue weighted by Gasteiger charge is 2.19. The van der Waals surface area contributed by atoms with Crippen molar-refractivity contribution in [1.82, 2.24) is 29.9 Å². The van der Waals surface area contributed by atoms with Gasteiger partial charge in [0.25, 0.3) is 0 Å². The monoisotopic (exact) mass is 1270 g/mol. The van der Waals surface area contributed by atoms with Gasteiger partial charge in [0.05, 0.1) is 0 Å². The minimum absolute atomic E-state index is 0.0265. The molecule has 0 spiro atoms. The molecule has 0 amide bonds. The highest BCUT2D eigenvalue weighted by Crippen LogP contribution is 2.39. The maximum atomic E-state index is 8.81. The number of anilines is 4. The summed E-state index contributed by atoms with van der Waals surface area (Å²) in [7, 11) is 0. The third-order valence-electron chi connectivity index (χ3n) is 15.7. The van der Waals surface area contributed by atoms with Gasteiger partial charge in [-0.3, -0.25) is 9.97 Å². The lowest BCUT2D eigenvalue weighted by molar-refractivity contribution is 0.318. The van der Waals surface area contributed by atoms with Gasteiger partial charge in [-0.25, -0.2) is 19.9 Å². The molecule has 26 heteroatoms. The molecule has 0 saturated heterocycles. The standard InChI is InChI=1S/2C18H14N4O2.2C17H13N5O2/c19-17(22-23)10-5-6-15-11(7-10)8-16(24-15)14-9-21-18(20)13-4-2-1-3-12(13)14;19-17(22-23)11-6-5-10-7-16(24-15(10)8-11)14-9-21-18(20)13-4-2-1-3-12(13)14;18-16(22-23)9-3-4-13-10(6-9)7-14(24-13)12-8-21-17(19)15-11(12)2-1-5-20-15;18-16(22-23)10-4-3-9-6-14(24-13(9)7-10)12-8-21-17(19)15-11(12)2-1-5-20-15/h2*1-9,23H,(H2,19,22)(H2,20,21);2*1-8,23H,(H2,18,22)(H2,19,21). The molecule has 26 nitrogen and oxygen atoms in total. The Balaban J connectivity index is 0.000000116. The molecule has 0 aliphatic carbocycles. The van der Waals surface area contributed by atoms with Crippen molar-refractivity contribution in [3.8, 4) is 45.3 Å². The van der Waals surface area contributed by atoms with Crippen LogP contribution in [-0.4, -0.2) is 74.1 Å². The van der Waals surface area contributed by atoms with E-state index in [4.69, 9.17) is 84.4 Å². The molecule has 0 aliphatic rings. The molecule has 0 radical (unpaired) electrons. The van der Waals surface area contributed by atoms with E-state index in [0.717, 1.165) is 76.1 Å². The number of nitrogens with zero attached hydrogens (tertiary/aromatic N) is 10. The van der Waals surface area contributed by atoms with Gasteiger partial charge in [0, 0.05) is 125 Å². The molecule has 0 bridgehead atoms. The Kier molecular flexibility index (Phi) is 16.1. The number of benzene rings is 6. The van der Waals surface area contributed by atoms with E-state index in [1.807, 2.05) is 115 Å². The number of nitrogens with two attached hydrogens (primary N) is 8. The van der Waals surface area contributed by atoms with Crippen molar-refractivity contribution < 1.29 is 38.5 Å². The lowest BCUT2D eigenvalue weighted by Crippen LogP contribution is -2.12. The molecule has 10 heterocycles. The Hall–Kier alpha value is -14.3. The number of hydrogen-bond donors (Lipinski definition) is 12. The van der Waals surface area contributed by atoms with Crippen molar-refractivity contribution >= 4 is 134 Å². The van der Waals surface area contributed by atoms with Crippen molar-refractivity contribution in [2.24, 2.45) is 43.6 Å². The van der Waals surface area contributed by atoms with Gasteiger partial charge in [-0.2, -0.15) is 0 Å². The number of nitrogen functional groups attached to an aromatic ring is 4. The lowest BCUT2D eigenvalue weighted by atomic mass is 10.0. The van der Waals surface area contributed by atoms with E-state index in [2.05, 4.69) is 50.5 Å². The molecular formula is C70H54N18O8. The van der Waals surface area contributed by atoms with Crippen molar-refractivity contribution in [3.63, 3.8) is 0 Å². The number of rotatable bonds is 8. The molecule has 0 aliphatic heterocycles. The summed E-state index contributed by atoms with van der Waals surface area (Å²) in [6.07, 6.45) is 10.1. The number of aromatic nitrogens is 6. The van der Waals surface area contributed by atoms with Crippen molar-refractivity contribution in [2.45, 2.75) is 0 Å². The van der Waals surface area contributed by atoms with Gasteiger partial charge in [-0.1, -0.05) is 106 Å². The molecule has 0 saturated carbocycles. The smallest absolute Gasteiger partial charge is 0.170 e. The van der Waals surface area contributed by atoms with Gasteiger partial charge in [0.2, 0.25) is 0 Å². The van der Waals surface area contributed by atoms with Gasteiger partial charge < -0.3 is 84.4 Å². The lowest BCUT2D eigenvalue weighted by Gasteiger charge is -2.05. The number of oxime groups is 4. The molecule has 0 atom stereocenters. The van der Waals surface area contributed by atoms with E-state index in [1.54, 1.807) is 91.8 Å². The van der Waals surface area contributed by atoms with Crippen LogP contribution in [0.3, 0.4) is 0 Å². The molecule has 96 heavy (non-hydrogen) atoms. The third-order valence-corrected chi connectivity index (χ3v) is 15.7. The van der Waals surface area contributed by atoms with Crippen LogP contribution in [0.15, 0.2) is 245 Å². The average molecular weight is 1280 g/mol. The molecular weight excluding hydrogens is 1220 g/mol. The van der Waals surface area contributed by atoms with E-state index in [0.29, 0.717) is 102 Å². The summed E-state index contributed by atoms with van der Waals surface area (Å²) in [6, 6.07) is 52.1. The van der Waals surface area contributed by atoms with Gasteiger partial charge in [-0.05, 0) is 95.7 Å². The van der Waals surface area contributed by atoms with Gasteiger partial charge in [-0.15, -0.1) is 0 Å². The summed E-state index contributed by atoms with van der Waals surface area (Å²) in [5, 5.41) is 56.2. The fourth-order valence-electron chi connectivity index (χ4n) is 10.9. The zero-order valence-electron chi connectivity index (χ0n) is 50.1. The van der Waals surface area contributed by atoms with Crippen molar-refractivity contribution in [1.29, 1.82) is 0 Å². The Bertz CT molecular complexity index is 5110. The summed E-state index contributed by atoms with van der Waals surface area (Å²) in [5.74, 6) is 4.55. The SMILES string of the molecule is NC(=NO)c1ccc2cc(-c3cnc(N)c4ccccc34)oc2c1.NC(=NO)c1ccc2cc(-c3cnc(N)c4ncccc34)oc2c1.NC(=NO)c1ccc2oc(-c3cnc(N)c4ccccc34)cc2c1.NC(=NO)c1ccc2oc(-c3cnc(N)c4ncccc34)cc2c1. The Morgan fingerprint density at radius 1 is 0.292 bits per heavy atom. The van der Waals surface area contributed by atoms with Gasteiger partial charge in [0.1, 0.15) is 79.7 Å². The van der Waals surface area contributed by atoms with E-state index in [9.17, 15) is 0 Å². The predicted octanol–water partition coefficient (Wildman–Crippen LogP) is 12.1. The quantitative estimate of drug-likeness (QED) is 0.0291. The first-order chi connectivity index (χ1) is 46.7. The normalized spacial score (nSPS) is 12.1. The van der Waals surface area contributed by atoms with Crippen LogP contribution in [0.25, 0.3) is 133 Å². The number of amidine groups is 4. The van der Waals surface area contributed by atoms with Gasteiger partial charge >= 0.3 is 0 Å². The zero-order chi connectivity index (χ0) is 66.7. The number of hydrogen-bond acceptors (Lipinski definition) is 22. The minimum atomic E-state index is 0.0265. The molecule has 20 N–H and O–H groups in total. The second-order valence-electron chi connectivity index (χ2n) is 21.5. The van der Waals surface area contributed by atoms with Crippen molar-refractivity contribution in [2.75, 3.05) is 22.9 Å². The second kappa shape index (κ2) is 25.5. The molecule has 16 aromatic rings. The molecule has 16 rings (SSSR count). The summed E-state index contributed by atoms with van der Waals surface area (Å²) < 4.78 is 23.8. The number of pyridine rings is 6. The Morgan fingerprint density at radius 3 is 0.969 bits per heavy atom. The summed E-state index contributed by atoms with van der Waals surface area (Å²) in [6.45, 7) is 0. The van der Waals surface area contributed by atoms with Crippen LogP contribution in [0, 0.1) is 0 Å². The minimum Gasteiger partial charge on any atom is -0.456 e. The molecule has 0 unspecified atom stereocenters. The van der Waals surface area contributed by atoms with E-state index < -0.39 is 0 Å².